The van der Waals surface area contributed by atoms with Crippen molar-refractivity contribution in [2.45, 2.75) is 0 Å². The van der Waals surface area contributed by atoms with E-state index >= 15 is 0 Å². The molecule has 0 aliphatic carbocycles. The SMILES string of the molecule is O=C(CNC(=O)c1ccccc1)N/N=C/c1ccccc1. The Hall–Kier alpha value is -2.95. The van der Waals surface area contributed by atoms with Crippen molar-refractivity contribution in [1.29, 1.82) is 0 Å². The van der Waals surface area contributed by atoms with Gasteiger partial charge < -0.3 is 5.32 Å². The minimum Gasteiger partial charge on any atom is -0.343 e. The van der Waals surface area contributed by atoms with Gasteiger partial charge in [-0.15, -0.1) is 0 Å². The van der Waals surface area contributed by atoms with Crippen LogP contribution in [0.1, 0.15) is 15.9 Å². The molecule has 5 nitrogen and oxygen atoms in total. The zero-order chi connectivity index (χ0) is 14.9. The number of benzene rings is 2. The highest BCUT2D eigenvalue weighted by Crippen LogP contribution is 1.97. The van der Waals surface area contributed by atoms with Crippen LogP contribution < -0.4 is 10.7 Å². The molecule has 2 aromatic carbocycles. The maximum Gasteiger partial charge on any atom is 0.259 e. The summed E-state index contributed by atoms with van der Waals surface area (Å²) in [6, 6.07) is 18.1. The first-order chi connectivity index (χ1) is 10.3. The van der Waals surface area contributed by atoms with Crippen LogP contribution in [0.15, 0.2) is 65.8 Å². The molecule has 106 valence electrons. The molecule has 0 heterocycles. The average molecular weight is 281 g/mol. The van der Waals surface area contributed by atoms with Gasteiger partial charge in [0.15, 0.2) is 0 Å². The van der Waals surface area contributed by atoms with Crippen LogP contribution in [0.5, 0.6) is 0 Å². The first-order valence-corrected chi connectivity index (χ1v) is 6.46. The largest absolute Gasteiger partial charge is 0.343 e. The third kappa shape index (κ3) is 4.91. The van der Waals surface area contributed by atoms with Gasteiger partial charge >= 0.3 is 0 Å². The number of hydrogen-bond donors (Lipinski definition) is 2. The molecule has 0 unspecified atom stereocenters. The minimum absolute atomic E-state index is 0.125. The predicted molar refractivity (Wildman–Crippen MR) is 81.0 cm³/mol. The van der Waals surface area contributed by atoms with Gasteiger partial charge in [0, 0.05) is 5.56 Å². The topological polar surface area (TPSA) is 70.6 Å². The molecule has 0 bridgehead atoms. The lowest BCUT2D eigenvalue weighted by atomic mass is 10.2. The Morgan fingerprint density at radius 3 is 2.24 bits per heavy atom. The lowest BCUT2D eigenvalue weighted by Crippen LogP contribution is -2.34. The number of amides is 2. The maximum atomic E-state index is 11.7. The molecule has 0 aliphatic rings. The molecular weight excluding hydrogens is 266 g/mol. The second kappa shape index (κ2) is 7.59. The lowest BCUT2D eigenvalue weighted by Gasteiger charge is -2.03. The van der Waals surface area contributed by atoms with Crippen LogP contribution in [0.3, 0.4) is 0 Å². The number of nitrogens with zero attached hydrogens (tertiary/aromatic N) is 1. The Balaban J connectivity index is 1.75. The summed E-state index contributed by atoms with van der Waals surface area (Å²) in [7, 11) is 0. The molecule has 0 aliphatic heterocycles. The Kier molecular flexibility index (Phi) is 5.23. The summed E-state index contributed by atoms with van der Waals surface area (Å²) in [6.07, 6.45) is 1.54. The van der Waals surface area contributed by atoms with Gasteiger partial charge in [0.1, 0.15) is 0 Å². The molecule has 0 atom stereocenters. The first kappa shape index (κ1) is 14.5. The molecule has 2 amide bonds. The molecule has 2 aromatic rings. The van der Waals surface area contributed by atoms with E-state index in [-0.39, 0.29) is 18.4 Å². The highest BCUT2D eigenvalue weighted by Gasteiger charge is 2.06. The van der Waals surface area contributed by atoms with E-state index in [1.54, 1.807) is 24.3 Å². The standard InChI is InChI=1S/C16H15N3O2/c20-15(19-18-11-13-7-3-1-4-8-13)12-17-16(21)14-9-5-2-6-10-14/h1-11H,12H2,(H,17,21)(H,19,20)/b18-11+. The van der Waals surface area contributed by atoms with Crippen molar-refractivity contribution in [1.82, 2.24) is 10.7 Å². The number of rotatable bonds is 5. The normalized spacial score (nSPS) is 10.3. The maximum absolute atomic E-state index is 11.7. The Labute approximate surface area is 122 Å². The van der Waals surface area contributed by atoms with Gasteiger partial charge in [-0.2, -0.15) is 5.10 Å². The van der Waals surface area contributed by atoms with Gasteiger partial charge in [-0.05, 0) is 17.7 Å². The fraction of sp³-hybridized carbons (Fsp3) is 0.0625. The number of hydrogen-bond acceptors (Lipinski definition) is 3. The molecular formula is C16H15N3O2. The van der Waals surface area contributed by atoms with Crippen molar-refractivity contribution in [3.63, 3.8) is 0 Å². The molecule has 21 heavy (non-hydrogen) atoms. The third-order valence-corrected chi connectivity index (χ3v) is 2.65. The average Bonchev–Trinajstić information content (AvgIpc) is 2.54. The summed E-state index contributed by atoms with van der Waals surface area (Å²) in [5, 5.41) is 6.34. The molecule has 0 spiro atoms. The van der Waals surface area contributed by atoms with Gasteiger partial charge in [-0.25, -0.2) is 5.43 Å². The second-order valence-corrected chi connectivity index (χ2v) is 4.25. The minimum atomic E-state index is -0.383. The van der Waals surface area contributed by atoms with Crippen molar-refractivity contribution in [3.8, 4) is 0 Å². The second-order valence-electron chi connectivity index (χ2n) is 4.25. The zero-order valence-electron chi connectivity index (χ0n) is 11.3. The van der Waals surface area contributed by atoms with Crippen molar-refractivity contribution in [2.75, 3.05) is 6.54 Å². The summed E-state index contributed by atoms with van der Waals surface area (Å²) in [5.74, 6) is -0.677. The van der Waals surface area contributed by atoms with Crippen molar-refractivity contribution >= 4 is 18.0 Å². The van der Waals surface area contributed by atoms with Crippen LogP contribution in [0, 0.1) is 0 Å². The molecule has 0 radical (unpaired) electrons. The Morgan fingerprint density at radius 2 is 1.57 bits per heavy atom. The van der Waals surface area contributed by atoms with Gasteiger partial charge in [0.2, 0.25) is 0 Å². The smallest absolute Gasteiger partial charge is 0.259 e. The summed E-state index contributed by atoms with van der Waals surface area (Å²) < 4.78 is 0. The fourth-order valence-corrected chi connectivity index (χ4v) is 1.61. The molecule has 0 aromatic heterocycles. The quantitative estimate of drug-likeness (QED) is 0.645. The first-order valence-electron chi connectivity index (χ1n) is 6.46. The summed E-state index contributed by atoms with van der Waals surface area (Å²) in [4.78, 5) is 23.2. The molecule has 2 N–H and O–H groups in total. The van der Waals surface area contributed by atoms with Crippen LogP contribution in [0.25, 0.3) is 0 Å². The monoisotopic (exact) mass is 281 g/mol. The van der Waals surface area contributed by atoms with Crippen LogP contribution in [0.4, 0.5) is 0 Å². The Morgan fingerprint density at radius 1 is 0.952 bits per heavy atom. The zero-order valence-corrected chi connectivity index (χ0v) is 11.3. The molecule has 2 rings (SSSR count). The van der Waals surface area contributed by atoms with Crippen molar-refractivity contribution < 1.29 is 9.59 Å². The van der Waals surface area contributed by atoms with Gasteiger partial charge in [0.25, 0.3) is 11.8 Å². The fourth-order valence-electron chi connectivity index (χ4n) is 1.61. The van der Waals surface area contributed by atoms with E-state index in [9.17, 15) is 9.59 Å². The summed E-state index contributed by atoms with van der Waals surface area (Å²) >= 11 is 0. The molecule has 0 saturated carbocycles. The van der Waals surface area contributed by atoms with Crippen molar-refractivity contribution in [3.05, 3.63) is 71.8 Å². The van der Waals surface area contributed by atoms with E-state index in [4.69, 9.17) is 0 Å². The van der Waals surface area contributed by atoms with Gasteiger partial charge in [0.05, 0.1) is 12.8 Å². The lowest BCUT2D eigenvalue weighted by molar-refractivity contribution is -0.120. The molecule has 5 heteroatoms. The van der Waals surface area contributed by atoms with Crippen LogP contribution in [-0.2, 0) is 4.79 Å². The van der Waals surface area contributed by atoms with Gasteiger partial charge in [-0.3, -0.25) is 9.59 Å². The van der Waals surface area contributed by atoms with E-state index < -0.39 is 0 Å². The van der Waals surface area contributed by atoms with E-state index in [0.29, 0.717) is 5.56 Å². The number of nitrogens with one attached hydrogen (secondary N) is 2. The Bertz CT molecular complexity index is 624. The van der Waals surface area contributed by atoms with Crippen LogP contribution in [0.2, 0.25) is 0 Å². The van der Waals surface area contributed by atoms with E-state index in [0.717, 1.165) is 5.56 Å². The molecule has 0 saturated heterocycles. The molecule has 0 fully saturated rings. The highest BCUT2D eigenvalue weighted by atomic mass is 16.2. The number of hydrazone groups is 1. The third-order valence-electron chi connectivity index (χ3n) is 2.65. The van der Waals surface area contributed by atoms with Gasteiger partial charge in [-0.1, -0.05) is 48.5 Å². The summed E-state index contributed by atoms with van der Waals surface area (Å²) in [5.41, 5.74) is 3.75. The number of carbonyl (C=O) groups is 2. The van der Waals surface area contributed by atoms with Crippen molar-refractivity contribution in [2.24, 2.45) is 5.10 Å². The van der Waals surface area contributed by atoms with Crippen LogP contribution >= 0.6 is 0 Å². The van der Waals surface area contributed by atoms with E-state index in [1.807, 2.05) is 36.4 Å². The highest BCUT2D eigenvalue weighted by molar-refractivity contribution is 5.96. The summed E-state index contributed by atoms with van der Waals surface area (Å²) in [6.45, 7) is -0.125. The predicted octanol–water partition coefficient (Wildman–Crippen LogP) is 1.57. The number of carbonyl (C=O) groups excluding carboxylic acids is 2. The van der Waals surface area contributed by atoms with E-state index in [2.05, 4.69) is 15.8 Å². The van der Waals surface area contributed by atoms with Crippen LogP contribution in [-0.4, -0.2) is 24.6 Å². The van der Waals surface area contributed by atoms with E-state index in [1.165, 1.54) is 6.21 Å².